The molecule has 3 heterocycles. The Balaban J connectivity index is 1.33. The molecule has 2 N–H and O–H groups in total. The molecule has 2 aromatic rings. The van der Waals surface area contributed by atoms with Gasteiger partial charge in [0.15, 0.2) is 0 Å². The van der Waals surface area contributed by atoms with Gasteiger partial charge in [-0.2, -0.15) is 0 Å². The van der Waals surface area contributed by atoms with Crippen LogP contribution in [0.5, 0.6) is 0 Å². The number of rotatable bonds is 7. The van der Waals surface area contributed by atoms with Gasteiger partial charge < -0.3 is 20.2 Å². The molecule has 1 aromatic carbocycles. The number of β-amino-alcohol motifs (C(OH)–C–C–N with tert-alkyl or cyclic N) is 1. The Morgan fingerprint density at radius 2 is 1.97 bits per heavy atom. The van der Waals surface area contributed by atoms with Gasteiger partial charge >= 0.3 is 0 Å². The van der Waals surface area contributed by atoms with Crippen molar-refractivity contribution in [1.82, 2.24) is 14.9 Å². The topological polar surface area (TPSA) is 64.5 Å². The van der Waals surface area contributed by atoms with Gasteiger partial charge in [0.2, 0.25) is 0 Å². The van der Waals surface area contributed by atoms with Gasteiger partial charge in [0.25, 0.3) is 0 Å². The molecule has 4 rings (SSSR count). The number of aliphatic hydroxyl groups is 1. The Morgan fingerprint density at radius 3 is 2.71 bits per heavy atom. The number of anilines is 2. The van der Waals surface area contributed by atoms with Crippen molar-refractivity contribution in [1.29, 1.82) is 0 Å². The fourth-order valence-corrected chi connectivity index (χ4v) is 5.32. The Bertz CT molecular complexity index is 890. The number of aliphatic hydroxyl groups excluding tert-OH is 1. The molecule has 6 nitrogen and oxygen atoms in total. The molecule has 2 aliphatic heterocycles. The Hall–Kier alpha value is -1.60. The summed E-state index contributed by atoms with van der Waals surface area (Å²) in [6, 6.07) is 5.52. The average Bonchev–Trinajstić information content (AvgIpc) is 2.67. The van der Waals surface area contributed by atoms with E-state index >= 15 is 0 Å². The van der Waals surface area contributed by atoms with Gasteiger partial charge in [0, 0.05) is 36.2 Å². The van der Waals surface area contributed by atoms with Crippen LogP contribution in [0.4, 0.5) is 11.6 Å². The van der Waals surface area contributed by atoms with E-state index in [-0.39, 0.29) is 12.1 Å². The molecule has 0 amide bonds. The first-order valence-corrected chi connectivity index (χ1v) is 11.8. The monoisotopic (exact) mass is 463 g/mol. The van der Waals surface area contributed by atoms with Crippen LogP contribution in [-0.2, 0) is 0 Å². The Labute approximate surface area is 194 Å². The fourth-order valence-electron chi connectivity index (χ4n) is 4.74. The zero-order chi connectivity index (χ0) is 22.0. The lowest BCUT2D eigenvalue weighted by Gasteiger charge is -2.47. The van der Waals surface area contributed by atoms with Crippen LogP contribution in [0.15, 0.2) is 30.6 Å². The smallest absolute Gasteiger partial charge is 0.149 e. The fraction of sp³-hybridized carbons (Fsp3) is 0.565. The number of halogens is 2. The molecule has 8 heteroatoms. The van der Waals surface area contributed by atoms with E-state index < -0.39 is 0 Å². The van der Waals surface area contributed by atoms with Crippen LogP contribution in [0.3, 0.4) is 0 Å². The number of nitrogens with zero attached hydrogens (tertiary/aromatic N) is 4. The van der Waals surface area contributed by atoms with Gasteiger partial charge in [-0.3, -0.25) is 4.98 Å². The van der Waals surface area contributed by atoms with Gasteiger partial charge in [-0.25, -0.2) is 4.98 Å². The summed E-state index contributed by atoms with van der Waals surface area (Å²) in [7, 11) is 0. The number of aromatic nitrogens is 2. The average molecular weight is 464 g/mol. The summed E-state index contributed by atoms with van der Waals surface area (Å²) in [4.78, 5) is 13.9. The van der Waals surface area contributed by atoms with E-state index in [2.05, 4.69) is 20.1 Å². The van der Waals surface area contributed by atoms with Crippen molar-refractivity contribution in [2.24, 2.45) is 11.8 Å². The van der Waals surface area contributed by atoms with E-state index in [1.165, 1.54) is 12.8 Å². The zero-order valence-corrected chi connectivity index (χ0v) is 19.6. The first-order chi connectivity index (χ1) is 14.9. The minimum atomic E-state index is -0.257. The summed E-state index contributed by atoms with van der Waals surface area (Å²) < 4.78 is 0. The van der Waals surface area contributed by atoms with E-state index in [0.29, 0.717) is 21.9 Å². The van der Waals surface area contributed by atoms with Crippen molar-refractivity contribution in [3.8, 4) is 0 Å². The number of hydrogen-bond donors (Lipinski definition) is 2. The number of nitrogens with one attached hydrogen (secondary N) is 1. The van der Waals surface area contributed by atoms with E-state index in [1.54, 1.807) is 12.3 Å². The van der Waals surface area contributed by atoms with Crippen molar-refractivity contribution in [2.75, 3.05) is 42.9 Å². The molecule has 1 aromatic heterocycles. The quantitative estimate of drug-likeness (QED) is 0.630. The third-order valence-electron chi connectivity index (χ3n) is 6.38. The Morgan fingerprint density at radius 1 is 1.16 bits per heavy atom. The summed E-state index contributed by atoms with van der Waals surface area (Å²) in [6.45, 7) is 8.93. The minimum Gasteiger partial charge on any atom is -0.392 e. The standard InChI is InChI=1S/C23H31Cl2N5O/c1-15(31)11-29-7-3-4-17(12-29)18-13-30(14-18)23-10-26-9-22(28-23)27-16(2)20-6-5-19(24)8-21(20)25/h5-6,8-10,15-18,31H,3-4,7,11-14H2,1-2H3,(H,27,28)/t15?,16-,17-/m1/s1. The SMILES string of the molecule is CC(O)CN1CCC[C@@H](C2CN(c3cncc(N[C@H](C)c4ccc(Cl)cc4Cl)n3)C2)C1. The van der Waals surface area contributed by atoms with Gasteiger partial charge in [0.1, 0.15) is 11.6 Å². The summed E-state index contributed by atoms with van der Waals surface area (Å²) in [5.41, 5.74) is 0.973. The predicted octanol–water partition coefficient (Wildman–Crippen LogP) is 4.49. The summed E-state index contributed by atoms with van der Waals surface area (Å²) >= 11 is 12.4. The molecule has 0 radical (unpaired) electrons. The van der Waals surface area contributed by atoms with E-state index in [9.17, 15) is 5.11 Å². The summed E-state index contributed by atoms with van der Waals surface area (Å²) in [5.74, 6) is 3.03. The lowest BCUT2D eigenvalue weighted by molar-refractivity contribution is 0.0725. The third kappa shape index (κ3) is 5.61. The zero-order valence-electron chi connectivity index (χ0n) is 18.1. The summed E-state index contributed by atoms with van der Waals surface area (Å²) in [5, 5.41) is 14.4. The molecule has 0 spiro atoms. The second-order valence-electron chi connectivity index (χ2n) is 8.97. The number of hydrogen-bond acceptors (Lipinski definition) is 6. The second-order valence-corrected chi connectivity index (χ2v) is 9.81. The molecular weight excluding hydrogens is 433 g/mol. The maximum absolute atomic E-state index is 9.70. The van der Waals surface area contributed by atoms with Gasteiger partial charge in [-0.05, 0) is 62.8 Å². The highest BCUT2D eigenvalue weighted by atomic mass is 35.5. The van der Waals surface area contributed by atoms with Gasteiger partial charge in [-0.15, -0.1) is 0 Å². The minimum absolute atomic E-state index is 0.0133. The van der Waals surface area contributed by atoms with Crippen LogP contribution in [0.2, 0.25) is 10.0 Å². The lowest BCUT2D eigenvalue weighted by Crippen LogP contribution is -2.54. The van der Waals surface area contributed by atoms with Crippen molar-refractivity contribution in [3.05, 3.63) is 46.2 Å². The van der Waals surface area contributed by atoms with Crippen LogP contribution < -0.4 is 10.2 Å². The van der Waals surface area contributed by atoms with Crippen LogP contribution in [0.1, 0.15) is 38.3 Å². The molecule has 31 heavy (non-hydrogen) atoms. The van der Waals surface area contributed by atoms with Crippen LogP contribution in [0, 0.1) is 11.8 Å². The lowest BCUT2D eigenvalue weighted by atomic mass is 9.80. The summed E-state index contributed by atoms with van der Waals surface area (Å²) in [6.07, 6.45) is 5.82. The second kappa shape index (κ2) is 9.90. The number of benzene rings is 1. The Kier molecular flexibility index (Phi) is 7.22. The van der Waals surface area contributed by atoms with Crippen LogP contribution >= 0.6 is 23.2 Å². The van der Waals surface area contributed by atoms with E-state index in [4.69, 9.17) is 28.2 Å². The molecular formula is C23H31Cl2N5O. The van der Waals surface area contributed by atoms with Crippen molar-refractivity contribution in [3.63, 3.8) is 0 Å². The molecule has 168 valence electrons. The van der Waals surface area contributed by atoms with Crippen molar-refractivity contribution in [2.45, 2.75) is 38.8 Å². The largest absolute Gasteiger partial charge is 0.392 e. The van der Waals surface area contributed by atoms with Crippen molar-refractivity contribution < 1.29 is 5.11 Å². The highest BCUT2D eigenvalue weighted by molar-refractivity contribution is 6.35. The molecule has 3 atom stereocenters. The first kappa shape index (κ1) is 22.6. The van der Waals surface area contributed by atoms with Crippen LogP contribution in [-0.4, -0.2) is 58.8 Å². The first-order valence-electron chi connectivity index (χ1n) is 11.1. The maximum Gasteiger partial charge on any atom is 0.149 e. The molecule has 0 aliphatic carbocycles. The van der Waals surface area contributed by atoms with Crippen LogP contribution in [0.25, 0.3) is 0 Å². The van der Waals surface area contributed by atoms with E-state index in [1.807, 2.05) is 32.2 Å². The van der Waals surface area contributed by atoms with Crippen molar-refractivity contribution >= 4 is 34.8 Å². The van der Waals surface area contributed by atoms with E-state index in [0.717, 1.165) is 49.9 Å². The molecule has 1 unspecified atom stereocenters. The normalized spacial score (nSPS) is 22.1. The molecule has 2 saturated heterocycles. The van der Waals surface area contributed by atoms with Gasteiger partial charge in [-0.1, -0.05) is 29.3 Å². The molecule has 2 fully saturated rings. The number of likely N-dealkylation sites (tertiary alicyclic amines) is 1. The predicted molar refractivity (Wildman–Crippen MR) is 127 cm³/mol. The number of piperidine rings is 1. The highest BCUT2D eigenvalue weighted by Gasteiger charge is 2.36. The molecule has 0 bridgehead atoms. The third-order valence-corrected chi connectivity index (χ3v) is 6.94. The van der Waals surface area contributed by atoms with Gasteiger partial charge in [0.05, 0.1) is 24.5 Å². The maximum atomic E-state index is 9.70. The highest BCUT2D eigenvalue weighted by Crippen LogP contribution is 2.34. The molecule has 0 saturated carbocycles. The molecule has 2 aliphatic rings.